The number of unbranched alkanes of at least 4 members (excludes halogenated alkanes) is 39. The molecule has 0 radical (unpaired) electrons. The summed E-state index contributed by atoms with van der Waals surface area (Å²) in [6.45, 7) is 6.85. The maximum absolute atomic E-state index is 13.0. The molecule has 0 aliphatic heterocycles. The first-order valence-corrected chi connectivity index (χ1v) is 26.8. The molecule has 0 heterocycles. The lowest BCUT2D eigenvalue weighted by Gasteiger charge is -2.22. The van der Waals surface area contributed by atoms with E-state index < -0.39 is 12.1 Å². The van der Waals surface area contributed by atoms with Crippen LogP contribution in [-0.2, 0) is 14.3 Å². The van der Waals surface area contributed by atoms with Crippen molar-refractivity contribution in [3.8, 4) is 0 Å². The summed E-state index contributed by atoms with van der Waals surface area (Å²) in [5.41, 5.74) is 0. The van der Waals surface area contributed by atoms with Gasteiger partial charge in [-0.1, -0.05) is 277 Å². The van der Waals surface area contributed by atoms with E-state index >= 15 is 0 Å². The van der Waals surface area contributed by atoms with Crippen LogP contribution in [0.15, 0.2) is 12.2 Å². The van der Waals surface area contributed by atoms with Crippen LogP contribution in [0.3, 0.4) is 0 Å². The normalized spacial score (nSPS) is 12.7. The summed E-state index contributed by atoms with van der Waals surface area (Å²) < 4.78 is 5.65. The Bertz CT molecular complexity index is 874. The number of allylic oxidation sites excluding steroid dienone is 1. The van der Waals surface area contributed by atoms with Gasteiger partial charge in [-0.05, 0) is 25.7 Å². The summed E-state index contributed by atoms with van der Waals surface area (Å²) in [6.07, 6.45) is 58.2. The predicted octanol–water partition coefficient (Wildman–Crippen LogP) is 17.2. The van der Waals surface area contributed by atoms with Gasteiger partial charge in [0.25, 0.3) is 0 Å². The third kappa shape index (κ3) is 46.0. The number of nitrogens with one attached hydrogen (secondary N) is 1. The first kappa shape index (κ1) is 57.6. The monoisotopic (exact) mass is 832 g/mol. The van der Waals surface area contributed by atoms with Gasteiger partial charge in [0.2, 0.25) is 5.91 Å². The van der Waals surface area contributed by atoms with E-state index in [9.17, 15) is 14.7 Å². The topological polar surface area (TPSA) is 75.6 Å². The van der Waals surface area contributed by atoms with Gasteiger partial charge in [0.15, 0.2) is 0 Å². The lowest BCUT2D eigenvalue weighted by molar-refractivity contribution is -0.146. The molecule has 0 aliphatic rings. The van der Waals surface area contributed by atoms with Crippen LogP contribution in [0.2, 0.25) is 0 Å². The van der Waals surface area contributed by atoms with Gasteiger partial charge in [0, 0.05) is 12.8 Å². The zero-order chi connectivity index (χ0) is 43.0. The van der Waals surface area contributed by atoms with Crippen LogP contribution < -0.4 is 5.32 Å². The maximum Gasteiger partial charge on any atom is 0.305 e. The lowest BCUT2D eigenvalue weighted by atomic mass is 10.0. The molecular weight excluding hydrogens is 727 g/mol. The molecule has 0 aromatic carbocycles. The Morgan fingerprint density at radius 3 is 1.05 bits per heavy atom. The number of rotatable bonds is 49. The standard InChI is InChI=1S/C54H105NO4/c1-4-7-10-13-16-19-22-25-26-27-28-31-34-37-40-43-46-49-54(58)59-50-51(52(56)47-44-41-38-35-32-29-23-20-17-14-11-8-5-2)55-53(57)48-45-42-39-36-33-30-24-21-18-15-12-9-6-3/h44,47,51-52,56H,4-43,45-46,48-50H2,1-3H3,(H,55,57)/b47-44+/t51-,52+/m0/s1. The van der Waals surface area contributed by atoms with Crippen molar-refractivity contribution >= 4 is 11.9 Å². The van der Waals surface area contributed by atoms with E-state index in [1.807, 2.05) is 6.08 Å². The third-order valence-corrected chi connectivity index (χ3v) is 12.5. The van der Waals surface area contributed by atoms with Crippen molar-refractivity contribution in [2.45, 2.75) is 315 Å². The van der Waals surface area contributed by atoms with Crippen molar-refractivity contribution in [3.05, 3.63) is 12.2 Å². The number of hydrogen-bond donors (Lipinski definition) is 2. The van der Waals surface area contributed by atoms with Crippen LogP contribution in [-0.4, -0.2) is 35.7 Å². The summed E-state index contributed by atoms with van der Waals surface area (Å²) in [5, 5.41) is 14.1. The van der Waals surface area contributed by atoms with Crippen molar-refractivity contribution in [2.24, 2.45) is 0 Å². The largest absolute Gasteiger partial charge is 0.463 e. The van der Waals surface area contributed by atoms with Gasteiger partial charge in [0.1, 0.15) is 6.61 Å². The van der Waals surface area contributed by atoms with Gasteiger partial charge in [-0.25, -0.2) is 0 Å². The number of hydrogen-bond acceptors (Lipinski definition) is 4. The molecule has 0 spiro atoms. The van der Waals surface area contributed by atoms with Gasteiger partial charge < -0.3 is 15.2 Å². The van der Waals surface area contributed by atoms with Crippen LogP contribution in [0.4, 0.5) is 0 Å². The Morgan fingerprint density at radius 2 is 0.712 bits per heavy atom. The molecule has 0 rings (SSSR count). The average molecular weight is 832 g/mol. The summed E-state index contributed by atoms with van der Waals surface area (Å²) in [5.74, 6) is -0.279. The fourth-order valence-electron chi connectivity index (χ4n) is 8.35. The molecule has 0 aromatic rings. The number of carbonyl (C=O) groups excluding carboxylic acids is 2. The van der Waals surface area contributed by atoms with Crippen LogP contribution in [0.1, 0.15) is 303 Å². The van der Waals surface area contributed by atoms with Crippen molar-refractivity contribution in [1.82, 2.24) is 5.32 Å². The van der Waals surface area contributed by atoms with Crippen LogP contribution in [0, 0.1) is 0 Å². The number of esters is 1. The van der Waals surface area contributed by atoms with Crippen LogP contribution in [0.5, 0.6) is 0 Å². The van der Waals surface area contributed by atoms with Gasteiger partial charge in [-0.3, -0.25) is 9.59 Å². The first-order chi connectivity index (χ1) is 29.0. The lowest BCUT2D eigenvalue weighted by Crippen LogP contribution is -2.46. The molecule has 5 heteroatoms. The molecular formula is C54H105NO4. The second-order valence-corrected chi connectivity index (χ2v) is 18.5. The molecule has 0 fully saturated rings. The van der Waals surface area contributed by atoms with E-state index in [0.717, 1.165) is 38.5 Å². The molecule has 2 N–H and O–H groups in total. The van der Waals surface area contributed by atoms with E-state index in [4.69, 9.17) is 4.74 Å². The number of aliphatic hydroxyl groups excluding tert-OH is 1. The predicted molar refractivity (Wildman–Crippen MR) is 258 cm³/mol. The number of ether oxygens (including phenoxy) is 1. The smallest absolute Gasteiger partial charge is 0.305 e. The minimum absolute atomic E-state index is 0.0199. The van der Waals surface area contributed by atoms with Crippen molar-refractivity contribution in [2.75, 3.05) is 6.61 Å². The van der Waals surface area contributed by atoms with Gasteiger partial charge in [-0.15, -0.1) is 0 Å². The van der Waals surface area contributed by atoms with E-state index in [-0.39, 0.29) is 18.5 Å². The summed E-state index contributed by atoms with van der Waals surface area (Å²) >= 11 is 0. The minimum Gasteiger partial charge on any atom is -0.463 e. The minimum atomic E-state index is -0.869. The highest BCUT2D eigenvalue weighted by atomic mass is 16.5. The van der Waals surface area contributed by atoms with Gasteiger partial charge in [-0.2, -0.15) is 0 Å². The van der Waals surface area contributed by atoms with Crippen molar-refractivity contribution < 1.29 is 19.4 Å². The molecule has 350 valence electrons. The number of carbonyl (C=O) groups is 2. The van der Waals surface area contributed by atoms with E-state index in [0.29, 0.717) is 12.8 Å². The fraction of sp³-hybridized carbons (Fsp3) is 0.926. The second kappa shape index (κ2) is 49.3. The molecule has 0 aromatic heterocycles. The molecule has 2 atom stereocenters. The number of amides is 1. The summed E-state index contributed by atoms with van der Waals surface area (Å²) in [6, 6.07) is -0.613. The summed E-state index contributed by atoms with van der Waals surface area (Å²) in [4.78, 5) is 25.6. The third-order valence-electron chi connectivity index (χ3n) is 12.5. The zero-order valence-electron chi connectivity index (χ0n) is 40.3. The van der Waals surface area contributed by atoms with Gasteiger partial charge in [0.05, 0.1) is 12.1 Å². The molecule has 0 aliphatic carbocycles. The molecule has 59 heavy (non-hydrogen) atoms. The number of aliphatic hydroxyl groups is 1. The Kier molecular flexibility index (Phi) is 48.2. The zero-order valence-corrected chi connectivity index (χ0v) is 40.3. The SMILES string of the molecule is CCCCCCCCCCCCC/C=C/[C@@H](O)[C@H](COC(=O)CCCCCCCCCCCCCCCCCCC)NC(=O)CCCCCCCCCCCCCCC. The van der Waals surface area contributed by atoms with Crippen LogP contribution in [0.25, 0.3) is 0 Å². The van der Waals surface area contributed by atoms with Crippen molar-refractivity contribution in [3.63, 3.8) is 0 Å². The quantitative estimate of drug-likeness (QED) is 0.0364. The summed E-state index contributed by atoms with van der Waals surface area (Å²) in [7, 11) is 0. The highest BCUT2D eigenvalue weighted by molar-refractivity contribution is 5.76. The Morgan fingerprint density at radius 1 is 0.424 bits per heavy atom. The Labute approximate surface area is 369 Å². The van der Waals surface area contributed by atoms with Crippen molar-refractivity contribution in [1.29, 1.82) is 0 Å². The molecule has 0 bridgehead atoms. The van der Waals surface area contributed by atoms with E-state index in [1.54, 1.807) is 6.08 Å². The van der Waals surface area contributed by atoms with Crippen LogP contribution >= 0.6 is 0 Å². The molecule has 0 saturated carbocycles. The molecule has 0 saturated heterocycles. The molecule has 1 amide bonds. The maximum atomic E-state index is 13.0. The van der Waals surface area contributed by atoms with E-state index in [2.05, 4.69) is 26.1 Å². The fourth-order valence-corrected chi connectivity index (χ4v) is 8.35. The average Bonchev–Trinajstić information content (AvgIpc) is 3.23. The Balaban J connectivity index is 4.33. The second-order valence-electron chi connectivity index (χ2n) is 18.5. The molecule has 0 unspecified atom stereocenters. The Hall–Kier alpha value is -1.36. The van der Waals surface area contributed by atoms with Gasteiger partial charge >= 0.3 is 5.97 Å². The highest BCUT2D eigenvalue weighted by Gasteiger charge is 2.21. The highest BCUT2D eigenvalue weighted by Crippen LogP contribution is 2.17. The van der Waals surface area contributed by atoms with E-state index in [1.165, 1.54) is 231 Å². The molecule has 5 nitrogen and oxygen atoms in total. The first-order valence-electron chi connectivity index (χ1n) is 26.8.